The Balaban J connectivity index is 1.45. The molecule has 0 radical (unpaired) electrons. The highest BCUT2D eigenvalue weighted by molar-refractivity contribution is 5.94. The van der Waals surface area contributed by atoms with Gasteiger partial charge in [0.1, 0.15) is 5.75 Å². The lowest BCUT2D eigenvalue weighted by Crippen LogP contribution is -2.54. The van der Waals surface area contributed by atoms with Gasteiger partial charge in [0.25, 0.3) is 0 Å². The molecule has 0 amide bonds. The van der Waals surface area contributed by atoms with E-state index < -0.39 is 0 Å². The van der Waals surface area contributed by atoms with E-state index in [1.807, 2.05) is 12.1 Å². The van der Waals surface area contributed by atoms with Crippen LogP contribution >= 0.6 is 0 Å². The van der Waals surface area contributed by atoms with Gasteiger partial charge in [0.2, 0.25) is 0 Å². The van der Waals surface area contributed by atoms with Gasteiger partial charge in [-0.2, -0.15) is 0 Å². The number of para-hydroxylation sites is 2. The first-order chi connectivity index (χ1) is 11.3. The Morgan fingerprint density at radius 3 is 2.65 bits per heavy atom. The predicted molar refractivity (Wildman–Crippen MR) is 90.6 cm³/mol. The first-order valence-corrected chi connectivity index (χ1v) is 8.65. The van der Waals surface area contributed by atoms with Gasteiger partial charge < -0.3 is 14.8 Å². The average molecular weight is 315 g/mol. The van der Waals surface area contributed by atoms with Crippen molar-refractivity contribution in [3.8, 4) is 5.75 Å². The van der Waals surface area contributed by atoms with E-state index in [-0.39, 0.29) is 0 Å². The number of nitrogens with zero attached hydrogens (tertiary/aromatic N) is 3. The molecule has 2 aliphatic carbocycles. The largest absolute Gasteiger partial charge is 0.495 e. The fourth-order valence-electron chi connectivity index (χ4n) is 4.81. The van der Waals surface area contributed by atoms with E-state index in [0.29, 0.717) is 17.9 Å². The fraction of sp³-hybridized carbons (Fsp3) is 0.611. The van der Waals surface area contributed by atoms with E-state index in [9.17, 15) is 5.21 Å². The van der Waals surface area contributed by atoms with Crippen molar-refractivity contribution in [2.75, 3.05) is 38.2 Å². The summed E-state index contributed by atoms with van der Waals surface area (Å²) in [7, 11) is 1.73. The Kier molecular flexibility index (Phi) is 3.89. The Morgan fingerprint density at radius 2 is 1.91 bits per heavy atom. The Labute approximate surface area is 137 Å². The molecular formula is C18H25N3O2. The van der Waals surface area contributed by atoms with Crippen molar-refractivity contribution in [1.29, 1.82) is 0 Å². The normalized spacial score (nSPS) is 32.7. The maximum absolute atomic E-state index is 9.42. The molecule has 0 unspecified atom stereocenters. The van der Waals surface area contributed by atoms with Gasteiger partial charge in [0, 0.05) is 32.1 Å². The zero-order chi connectivity index (χ0) is 15.8. The number of ether oxygens (including phenoxy) is 1. The molecule has 2 bridgehead atoms. The number of methoxy groups -OCH3 is 1. The molecule has 1 aromatic carbocycles. The van der Waals surface area contributed by atoms with Gasteiger partial charge in [-0.1, -0.05) is 17.3 Å². The molecule has 124 valence electrons. The molecule has 0 aromatic heterocycles. The molecule has 5 heteroatoms. The van der Waals surface area contributed by atoms with E-state index >= 15 is 0 Å². The zero-order valence-corrected chi connectivity index (χ0v) is 13.7. The van der Waals surface area contributed by atoms with E-state index in [0.717, 1.165) is 37.6 Å². The topological polar surface area (TPSA) is 48.3 Å². The van der Waals surface area contributed by atoms with Crippen LogP contribution in [0.1, 0.15) is 19.3 Å². The third-order valence-corrected chi connectivity index (χ3v) is 5.89. The third kappa shape index (κ3) is 2.47. The van der Waals surface area contributed by atoms with Crippen LogP contribution in [-0.2, 0) is 0 Å². The number of oxime groups is 1. The number of benzene rings is 1. The molecular weight excluding hydrogens is 290 g/mol. The zero-order valence-electron chi connectivity index (χ0n) is 13.7. The van der Waals surface area contributed by atoms with Gasteiger partial charge in [0.05, 0.1) is 24.6 Å². The van der Waals surface area contributed by atoms with Crippen LogP contribution in [0.4, 0.5) is 5.69 Å². The summed E-state index contributed by atoms with van der Waals surface area (Å²) in [5.74, 6) is 2.17. The number of rotatable bonds is 3. The van der Waals surface area contributed by atoms with E-state index in [4.69, 9.17) is 4.74 Å². The van der Waals surface area contributed by atoms with Gasteiger partial charge in [-0.25, -0.2) is 0 Å². The van der Waals surface area contributed by atoms with Crippen molar-refractivity contribution < 1.29 is 9.94 Å². The Morgan fingerprint density at radius 1 is 1.13 bits per heavy atom. The molecule has 2 saturated carbocycles. The average Bonchev–Trinajstić information content (AvgIpc) is 3.23. The lowest BCUT2D eigenvalue weighted by atomic mass is 9.91. The van der Waals surface area contributed by atoms with Gasteiger partial charge in [-0.05, 0) is 37.3 Å². The summed E-state index contributed by atoms with van der Waals surface area (Å²) in [5, 5.41) is 13.1. The standard InChI is InChI=1S/C18H25N3O2/c1-23-16-5-3-2-4-15(16)20-8-10-21(11-9-20)18-14-7-6-13(12-14)17(18)19-22/h2-5,13-14,18,22H,6-12H2,1H3/b19-17-/t13-,14-,18+/m0/s1. The minimum atomic E-state index is 0.374. The van der Waals surface area contributed by atoms with Gasteiger partial charge in [0.15, 0.2) is 0 Å². The third-order valence-electron chi connectivity index (χ3n) is 5.89. The van der Waals surface area contributed by atoms with Crippen LogP contribution in [0.5, 0.6) is 5.75 Å². The van der Waals surface area contributed by atoms with Crippen LogP contribution < -0.4 is 9.64 Å². The molecule has 4 rings (SSSR count). The molecule has 1 N–H and O–H groups in total. The molecule has 3 atom stereocenters. The van der Waals surface area contributed by atoms with Crippen LogP contribution in [0.3, 0.4) is 0 Å². The number of hydrogen-bond donors (Lipinski definition) is 1. The highest BCUT2D eigenvalue weighted by Crippen LogP contribution is 2.45. The van der Waals surface area contributed by atoms with Crippen molar-refractivity contribution >= 4 is 11.4 Å². The summed E-state index contributed by atoms with van der Waals surface area (Å²) in [6.07, 6.45) is 3.72. The molecule has 1 aromatic rings. The number of anilines is 1. The van der Waals surface area contributed by atoms with E-state index in [2.05, 4.69) is 27.1 Å². The van der Waals surface area contributed by atoms with Gasteiger partial charge in [-0.3, -0.25) is 4.90 Å². The Hall–Kier alpha value is -1.75. The molecule has 3 aliphatic rings. The number of piperazine rings is 1. The van der Waals surface area contributed by atoms with Crippen LogP contribution in [-0.4, -0.2) is 55.1 Å². The van der Waals surface area contributed by atoms with Crippen LogP contribution in [0.15, 0.2) is 29.4 Å². The summed E-state index contributed by atoms with van der Waals surface area (Å²) >= 11 is 0. The van der Waals surface area contributed by atoms with E-state index in [1.54, 1.807) is 7.11 Å². The Bertz CT molecular complexity index is 596. The quantitative estimate of drug-likeness (QED) is 0.687. The van der Waals surface area contributed by atoms with Crippen molar-refractivity contribution in [1.82, 2.24) is 4.90 Å². The maximum Gasteiger partial charge on any atom is 0.142 e. The monoisotopic (exact) mass is 315 g/mol. The fourth-order valence-corrected chi connectivity index (χ4v) is 4.81. The van der Waals surface area contributed by atoms with Crippen LogP contribution in [0.25, 0.3) is 0 Å². The molecule has 5 nitrogen and oxygen atoms in total. The summed E-state index contributed by atoms with van der Waals surface area (Å²) in [6.45, 7) is 4.02. The second-order valence-electron chi connectivity index (χ2n) is 6.93. The van der Waals surface area contributed by atoms with Gasteiger partial charge in [-0.15, -0.1) is 0 Å². The predicted octanol–water partition coefficient (Wildman–Crippen LogP) is 2.45. The molecule has 1 heterocycles. The highest BCUT2D eigenvalue weighted by Gasteiger charge is 2.48. The smallest absolute Gasteiger partial charge is 0.142 e. The molecule has 23 heavy (non-hydrogen) atoms. The van der Waals surface area contributed by atoms with Crippen molar-refractivity contribution in [2.24, 2.45) is 17.0 Å². The van der Waals surface area contributed by atoms with Crippen LogP contribution in [0, 0.1) is 11.8 Å². The minimum absolute atomic E-state index is 0.374. The lowest BCUT2D eigenvalue weighted by Gasteiger charge is -2.42. The van der Waals surface area contributed by atoms with Crippen molar-refractivity contribution in [2.45, 2.75) is 25.3 Å². The molecule has 3 fully saturated rings. The summed E-state index contributed by atoms with van der Waals surface area (Å²) in [5.41, 5.74) is 2.23. The van der Waals surface area contributed by atoms with E-state index in [1.165, 1.54) is 24.9 Å². The number of fused-ring (bicyclic) bond motifs is 2. The first-order valence-electron chi connectivity index (χ1n) is 8.65. The van der Waals surface area contributed by atoms with Crippen LogP contribution in [0.2, 0.25) is 0 Å². The number of hydrogen-bond acceptors (Lipinski definition) is 5. The molecule has 0 spiro atoms. The van der Waals surface area contributed by atoms with Crippen molar-refractivity contribution in [3.63, 3.8) is 0 Å². The second kappa shape index (κ2) is 6.04. The minimum Gasteiger partial charge on any atom is -0.495 e. The van der Waals surface area contributed by atoms with Gasteiger partial charge >= 0.3 is 0 Å². The highest BCUT2D eigenvalue weighted by atomic mass is 16.5. The summed E-state index contributed by atoms with van der Waals surface area (Å²) in [4.78, 5) is 4.93. The second-order valence-corrected chi connectivity index (χ2v) is 6.93. The molecule has 1 aliphatic heterocycles. The SMILES string of the molecule is COc1ccccc1N1CCN([C@H]2/C(=N\O)[C@H]3CC[C@H]2C3)CC1. The molecule has 1 saturated heterocycles. The van der Waals surface area contributed by atoms with Crippen molar-refractivity contribution in [3.05, 3.63) is 24.3 Å². The first kappa shape index (κ1) is 14.8. The lowest BCUT2D eigenvalue weighted by molar-refractivity contribution is 0.181. The maximum atomic E-state index is 9.42. The summed E-state index contributed by atoms with van der Waals surface area (Å²) in [6, 6.07) is 8.61. The summed E-state index contributed by atoms with van der Waals surface area (Å²) < 4.78 is 5.49.